The second-order valence-electron chi connectivity index (χ2n) is 5.83. The Labute approximate surface area is 159 Å². The summed E-state index contributed by atoms with van der Waals surface area (Å²) in [5, 5.41) is 14.6. The highest BCUT2D eigenvalue weighted by atomic mass is 32.2. The van der Waals surface area contributed by atoms with Crippen LogP contribution in [0.1, 0.15) is 5.56 Å². The molecule has 7 nitrogen and oxygen atoms in total. The van der Waals surface area contributed by atoms with E-state index in [1.165, 1.54) is 49.6 Å². The zero-order chi connectivity index (χ0) is 20.5. The maximum Gasteiger partial charge on any atom is 0.266 e. The fourth-order valence-corrected chi connectivity index (χ4v) is 3.50. The molecule has 0 spiro atoms. The van der Waals surface area contributed by atoms with Gasteiger partial charge in [0, 0.05) is 11.3 Å². The number of pyridine rings is 1. The molecule has 0 saturated heterocycles. The van der Waals surface area contributed by atoms with Crippen LogP contribution in [0.4, 0.5) is 4.39 Å². The molecule has 0 aliphatic carbocycles. The lowest BCUT2D eigenvalue weighted by Crippen LogP contribution is -2.15. The number of nitrogens with two attached hydrogens (primary N) is 1. The number of hydrogen-bond donors (Lipinski definition) is 2. The van der Waals surface area contributed by atoms with E-state index in [0.29, 0.717) is 11.1 Å². The van der Waals surface area contributed by atoms with E-state index in [1.807, 2.05) is 6.07 Å². The monoisotopic (exact) mass is 399 g/mol. The summed E-state index contributed by atoms with van der Waals surface area (Å²) in [6.07, 6.45) is 0. The molecule has 3 N–H and O–H groups in total. The summed E-state index contributed by atoms with van der Waals surface area (Å²) in [5.74, 6) is -0.475. The van der Waals surface area contributed by atoms with Crippen LogP contribution in [0, 0.1) is 17.1 Å². The van der Waals surface area contributed by atoms with Gasteiger partial charge in [-0.1, -0.05) is 12.1 Å². The Morgan fingerprint density at radius 3 is 2.50 bits per heavy atom. The minimum absolute atomic E-state index is 0.0487. The number of methoxy groups -OCH3 is 1. The molecule has 3 aromatic rings. The second-order valence-corrected chi connectivity index (χ2v) is 7.36. The van der Waals surface area contributed by atoms with E-state index in [-0.39, 0.29) is 27.5 Å². The maximum absolute atomic E-state index is 13.6. The first-order valence-corrected chi connectivity index (χ1v) is 9.44. The normalized spacial score (nSPS) is 11.1. The smallest absolute Gasteiger partial charge is 0.266 e. The molecule has 0 radical (unpaired) electrons. The van der Waals surface area contributed by atoms with Crippen molar-refractivity contribution < 1.29 is 17.5 Å². The molecule has 0 aliphatic rings. The van der Waals surface area contributed by atoms with Crippen molar-refractivity contribution in [3.8, 4) is 34.2 Å². The Bertz CT molecular complexity index is 1280. The van der Waals surface area contributed by atoms with E-state index in [4.69, 9.17) is 9.88 Å². The third-order valence-electron chi connectivity index (χ3n) is 4.06. The van der Waals surface area contributed by atoms with Gasteiger partial charge in [0.05, 0.1) is 7.11 Å². The van der Waals surface area contributed by atoms with E-state index in [1.54, 1.807) is 6.07 Å². The number of aromatic amines is 1. The van der Waals surface area contributed by atoms with Gasteiger partial charge in [-0.2, -0.15) is 5.26 Å². The molecule has 28 heavy (non-hydrogen) atoms. The molecule has 0 fully saturated rings. The number of H-pyrrole nitrogens is 1. The zero-order valence-corrected chi connectivity index (χ0v) is 15.4. The first-order chi connectivity index (χ1) is 13.2. The maximum atomic E-state index is 13.6. The van der Waals surface area contributed by atoms with Crippen LogP contribution in [0.5, 0.6) is 5.75 Å². The third kappa shape index (κ3) is 3.64. The molecule has 0 bridgehead atoms. The Hall–Kier alpha value is -3.48. The lowest BCUT2D eigenvalue weighted by Gasteiger charge is -2.11. The van der Waals surface area contributed by atoms with Crippen molar-refractivity contribution in [2.45, 2.75) is 4.90 Å². The van der Waals surface area contributed by atoms with Gasteiger partial charge in [-0.15, -0.1) is 0 Å². The fourth-order valence-electron chi connectivity index (χ4n) is 2.78. The van der Waals surface area contributed by atoms with Gasteiger partial charge in [-0.3, -0.25) is 4.79 Å². The van der Waals surface area contributed by atoms with E-state index in [9.17, 15) is 22.9 Å². The quantitative estimate of drug-likeness (QED) is 0.696. The zero-order valence-electron chi connectivity index (χ0n) is 14.6. The highest BCUT2D eigenvalue weighted by Crippen LogP contribution is 2.31. The number of nitrogens with zero attached hydrogens (tertiary/aromatic N) is 1. The summed E-state index contributed by atoms with van der Waals surface area (Å²) in [6.45, 7) is 0. The molecule has 9 heteroatoms. The van der Waals surface area contributed by atoms with Gasteiger partial charge < -0.3 is 9.72 Å². The van der Waals surface area contributed by atoms with Crippen LogP contribution in [0.2, 0.25) is 0 Å². The molecule has 0 amide bonds. The second kappa shape index (κ2) is 7.26. The van der Waals surface area contributed by atoms with Crippen LogP contribution in [0.25, 0.3) is 22.4 Å². The highest BCUT2D eigenvalue weighted by molar-refractivity contribution is 7.89. The van der Waals surface area contributed by atoms with Crippen molar-refractivity contribution in [3.05, 3.63) is 70.3 Å². The summed E-state index contributed by atoms with van der Waals surface area (Å²) in [7, 11) is -2.78. The van der Waals surface area contributed by atoms with Gasteiger partial charge in [0.1, 0.15) is 28.1 Å². The standard InChI is InChI=1S/C19H14FN3O4S/c1-27-17-6-5-12(8-18(17)28(22,25)26)16-9-14(15(10-21)19(24)23-16)11-3-2-4-13(20)7-11/h2-9H,1H3,(H,23,24)(H2,22,25,26). The molecule has 2 aromatic carbocycles. The minimum Gasteiger partial charge on any atom is -0.495 e. The van der Waals surface area contributed by atoms with E-state index >= 15 is 0 Å². The lowest BCUT2D eigenvalue weighted by molar-refractivity contribution is 0.403. The average Bonchev–Trinajstić information content (AvgIpc) is 2.66. The SMILES string of the molecule is COc1ccc(-c2cc(-c3cccc(F)c3)c(C#N)c(=O)[nH]2)cc1S(N)(=O)=O. The molecule has 1 aromatic heterocycles. The minimum atomic E-state index is -4.09. The van der Waals surface area contributed by atoms with Crippen LogP contribution in [-0.4, -0.2) is 20.5 Å². The summed E-state index contributed by atoms with van der Waals surface area (Å²) >= 11 is 0. The van der Waals surface area contributed by atoms with Crippen molar-refractivity contribution in [1.82, 2.24) is 4.98 Å². The molecule has 0 saturated carbocycles. The molecule has 0 atom stereocenters. The van der Waals surface area contributed by atoms with Crippen LogP contribution < -0.4 is 15.4 Å². The number of primary sulfonamides is 1. The number of benzene rings is 2. The summed E-state index contributed by atoms with van der Waals surface area (Å²) < 4.78 is 42.3. The van der Waals surface area contributed by atoms with Crippen molar-refractivity contribution in [1.29, 1.82) is 5.26 Å². The molecule has 142 valence electrons. The van der Waals surface area contributed by atoms with Crippen molar-refractivity contribution in [3.63, 3.8) is 0 Å². The summed E-state index contributed by atoms with van der Waals surface area (Å²) in [5.41, 5.74) is 0.236. The van der Waals surface area contributed by atoms with Crippen molar-refractivity contribution in [2.75, 3.05) is 7.11 Å². The predicted molar refractivity (Wildman–Crippen MR) is 101 cm³/mol. The Kier molecular flexibility index (Phi) is 5.00. The van der Waals surface area contributed by atoms with Gasteiger partial charge in [0.25, 0.3) is 5.56 Å². The molecule has 3 rings (SSSR count). The predicted octanol–water partition coefficient (Wildman–Crippen LogP) is 2.38. The number of nitriles is 1. The van der Waals surface area contributed by atoms with E-state index in [2.05, 4.69) is 4.98 Å². The van der Waals surface area contributed by atoms with Gasteiger partial charge in [0.15, 0.2) is 0 Å². The highest BCUT2D eigenvalue weighted by Gasteiger charge is 2.18. The van der Waals surface area contributed by atoms with Crippen molar-refractivity contribution >= 4 is 10.0 Å². The number of nitrogens with one attached hydrogen (secondary N) is 1. The molecule has 0 aliphatic heterocycles. The van der Waals surface area contributed by atoms with Gasteiger partial charge in [0.2, 0.25) is 10.0 Å². The number of ether oxygens (including phenoxy) is 1. The van der Waals surface area contributed by atoms with Crippen LogP contribution in [0.3, 0.4) is 0 Å². The number of rotatable bonds is 4. The Morgan fingerprint density at radius 2 is 1.89 bits per heavy atom. The number of sulfonamides is 1. The summed E-state index contributed by atoms with van der Waals surface area (Å²) in [6, 6.07) is 12.9. The topological polar surface area (TPSA) is 126 Å². The summed E-state index contributed by atoms with van der Waals surface area (Å²) in [4.78, 5) is 14.7. The number of halogens is 1. The third-order valence-corrected chi connectivity index (χ3v) is 4.99. The lowest BCUT2D eigenvalue weighted by atomic mass is 9.99. The fraction of sp³-hybridized carbons (Fsp3) is 0.0526. The molecule has 1 heterocycles. The van der Waals surface area contributed by atoms with Crippen LogP contribution in [0.15, 0.2) is 58.2 Å². The van der Waals surface area contributed by atoms with Gasteiger partial charge in [-0.25, -0.2) is 17.9 Å². The van der Waals surface area contributed by atoms with E-state index < -0.39 is 21.4 Å². The van der Waals surface area contributed by atoms with Gasteiger partial charge >= 0.3 is 0 Å². The first-order valence-electron chi connectivity index (χ1n) is 7.89. The average molecular weight is 399 g/mol. The van der Waals surface area contributed by atoms with Crippen LogP contribution >= 0.6 is 0 Å². The Balaban J connectivity index is 2.28. The first kappa shape index (κ1) is 19.3. The van der Waals surface area contributed by atoms with E-state index in [0.717, 1.165) is 0 Å². The Morgan fingerprint density at radius 1 is 1.14 bits per heavy atom. The molecule has 0 unspecified atom stereocenters. The molecular formula is C19H14FN3O4S. The van der Waals surface area contributed by atoms with Crippen LogP contribution in [-0.2, 0) is 10.0 Å². The number of aromatic nitrogens is 1. The van der Waals surface area contributed by atoms with Crippen molar-refractivity contribution in [2.24, 2.45) is 5.14 Å². The van der Waals surface area contributed by atoms with Gasteiger partial charge in [-0.05, 0) is 47.5 Å². The number of hydrogen-bond acceptors (Lipinski definition) is 5. The molecular weight excluding hydrogens is 385 g/mol. The largest absolute Gasteiger partial charge is 0.495 e.